The van der Waals surface area contributed by atoms with Crippen LogP contribution in [0.25, 0.3) is 11.0 Å². The van der Waals surface area contributed by atoms with Crippen LogP contribution in [-0.2, 0) is 6.42 Å². The van der Waals surface area contributed by atoms with E-state index in [1.54, 1.807) is 12.1 Å². The van der Waals surface area contributed by atoms with Crippen LogP contribution < -0.4 is 0 Å². The minimum absolute atomic E-state index is 0.0261. The molecule has 3 heteroatoms. The van der Waals surface area contributed by atoms with Crippen LogP contribution in [0.3, 0.4) is 0 Å². The van der Waals surface area contributed by atoms with E-state index in [2.05, 4.69) is 12.1 Å². The summed E-state index contributed by atoms with van der Waals surface area (Å²) < 4.78 is 5.58. The third-order valence-electron chi connectivity index (χ3n) is 3.48. The summed E-state index contributed by atoms with van der Waals surface area (Å²) in [5, 5.41) is 1.41. The Labute approximate surface area is 128 Å². The van der Waals surface area contributed by atoms with Crippen molar-refractivity contribution in [3.8, 4) is 0 Å². The van der Waals surface area contributed by atoms with Crippen molar-refractivity contribution in [3.63, 3.8) is 0 Å². The summed E-state index contributed by atoms with van der Waals surface area (Å²) in [7, 11) is 0. The monoisotopic (exact) mass is 298 g/mol. The lowest BCUT2D eigenvalue weighted by atomic mass is 10.1. The first kappa shape index (κ1) is 13.9. The Hall–Kier alpha value is -2.06. The van der Waals surface area contributed by atoms with Crippen molar-refractivity contribution in [2.45, 2.75) is 19.3 Å². The summed E-state index contributed by atoms with van der Waals surface area (Å²) in [6.07, 6.45) is 2.19. The minimum atomic E-state index is 0.0261. The van der Waals surface area contributed by atoms with Gasteiger partial charge in [0, 0.05) is 11.8 Å². The van der Waals surface area contributed by atoms with Crippen molar-refractivity contribution in [2.75, 3.05) is 0 Å². The SMILES string of the molecule is O=C(CCCc1ccccc1)c1cc2cccc(Cl)c2o1. The zero-order valence-corrected chi connectivity index (χ0v) is 12.3. The van der Waals surface area contributed by atoms with E-state index in [0.29, 0.717) is 22.8 Å². The van der Waals surface area contributed by atoms with Gasteiger partial charge in [0.1, 0.15) is 0 Å². The van der Waals surface area contributed by atoms with Crippen molar-refractivity contribution in [1.29, 1.82) is 0 Å². The highest BCUT2D eigenvalue weighted by molar-refractivity contribution is 6.34. The van der Waals surface area contributed by atoms with E-state index in [0.717, 1.165) is 18.2 Å². The van der Waals surface area contributed by atoms with Gasteiger partial charge >= 0.3 is 0 Å². The maximum atomic E-state index is 12.2. The molecule has 2 aromatic carbocycles. The Balaban J connectivity index is 1.65. The summed E-state index contributed by atoms with van der Waals surface area (Å²) in [5.74, 6) is 0.421. The number of para-hydroxylation sites is 1. The molecule has 0 N–H and O–H groups in total. The van der Waals surface area contributed by atoms with Gasteiger partial charge in [-0.15, -0.1) is 0 Å². The van der Waals surface area contributed by atoms with Gasteiger partial charge in [-0.1, -0.05) is 54.1 Å². The molecule has 0 saturated heterocycles. The summed E-state index contributed by atoms with van der Waals surface area (Å²) in [6.45, 7) is 0. The summed E-state index contributed by atoms with van der Waals surface area (Å²) in [4.78, 5) is 12.2. The fourth-order valence-corrected chi connectivity index (χ4v) is 2.61. The number of fused-ring (bicyclic) bond motifs is 1. The van der Waals surface area contributed by atoms with Crippen molar-refractivity contribution >= 4 is 28.4 Å². The molecule has 0 unspecified atom stereocenters. The highest BCUT2D eigenvalue weighted by Gasteiger charge is 2.13. The van der Waals surface area contributed by atoms with Crippen molar-refractivity contribution in [1.82, 2.24) is 0 Å². The molecule has 0 aliphatic carbocycles. The lowest BCUT2D eigenvalue weighted by Crippen LogP contribution is -1.98. The molecule has 3 rings (SSSR count). The molecule has 0 amide bonds. The van der Waals surface area contributed by atoms with Crippen LogP contribution in [0.1, 0.15) is 29.0 Å². The number of aryl methyl sites for hydroxylation is 1. The fourth-order valence-electron chi connectivity index (χ4n) is 2.39. The van der Waals surface area contributed by atoms with Crippen LogP contribution in [0.15, 0.2) is 59.0 Å². The van der Waals surface area contributed by atoms with Gasteiger partial charge in [0.05, 0.1) is 5.02 Å². The normalized spacial score (nSPS) is 10.9. The molecule has 106 valence electrons. The number of halogens is 1. The van der Waals surface area contributed by atoms with E-state index in [1.807, 2.05) is 30.3 Å². The molecule has 0 bridgehead atoms. The van der Waals surface area contributed by atoms with E-state index in [-0.39, 0.29) is 5.78 Å². The standard InChI is InChI=1S/C18H15ClO2/c19-15-10-5-9-14-12-17(21-18(14)15)16(20)11-4-8-13-6-2-1-3-7-13/h1-3,5-7,9-10,12H,4,8,11H2. The van der Waals surface area contributed by atoms with Crippen LogP contribution in [0.5, 0.6) is 0 Å². The van der Waals surface area contributed by atoms with Gasteiger partial charge in [-0.25, -0.2) is 0 Å². The predicted molar refractivity (Wildman–Crippen MR) is 84.9 cm³/mol. The Kier molecular flexibility index (Phi) is 4.07. The van der Waals surface area contributed by atoms with Crippen LogP contribution >= 0.6 is 11.6 Å². The van der Waals surface area contributed by atoms with Crippen LogP contribution in [0.4, 0.5) is 0 Å². The van der Waals surface area contributed by atoms with Crippen LogP contribution in [0, 0.1) is 0 Å². The molecule has 0 aliphatic rings. The molecule has 0 atom stereocenters. The molecule has 0 fully saturated rings. The molecular formula is C18H15ClO2. The summed E-state index contributed by atoms with van der Waals surface area (Å²) in [6, 6.07) is 17.4. The Morgan fingerprint density at radius 2 is 1.86 bits per heavy atom. The van der Waals surface area contributed by atoms with Crippen LogP contribution in [0.2, 0.25) is 5.02 Å². The summed E-state index contributed by atoms with van der Waals surface area (Å²) in [5.41, 5.74) is 1.84. The second kappa shape index (κ2) is 6.15. The third kappa shape index (κ3) is 3.17. The highest BCUT2D eigenvalue weighted by Crippen LogP contribution is 2.27. The largest absolute Gasteiger partial charge is 0.451 e. The van der Waals surface area contributed by atoms with Crippen molar-refractivity contribution < 1.29 is 9.21 Å². The van der Waals surface area contributed by atoms with E-state index in [9.17, 15) is 4.79 Å². The zero-order valence-electron chi connectivity index (χ0n) is 11.5. The van der Waals surface area contributed by atoms with E-state index < -0.39 is 0 Å². The molecule has 1 heterocycles. The first-order valence-corrected chi connectivity index (χ1v) is 7.37. The average molecular weight is 299 g/mol. The quantitative estimate of drug-likeness (QED) is 0.599. The van der Waals surface area contributed by atoms with Gasteiger partial charge in [-0.05, 0) is 30.5 Å². The van der Waals surface area contributed by atoms with Gasteiger partial charge in [0.15, 0.2) is 17.1 Å². The summed E-state index contributed by atoms with van der Waals surface area (Å²) >= 11 is 6.05. The molecule has 0 spiro atoms. The lowest BCUT2D eigenvalue weighted by Gasteiger charge is -1.99. The number of carbonyl (C=O) groups is 1. The predicted octanol–water partition coefficient (Wildman–Crippen LogP) is 5.29. The molecule has 21 heavy (non-hydrogen) atoms. The second-order valence-electron chi connectivity index (χ2n) is 5.03. The smallest absolute Gasteiger partial charge is 0.198 e. The fraction of sp³-hybridized carbons (Fsp3) is 0.167. The number of hydrogen-bond donors (Lipinski definition) is 0. The number of ketones is 1. The van der Waals surface area contributed by atoms with Gasteiger partial charge in [0.2, 0.25) is 0 Å². The Morgan fingerprint density at radius 3 is 2.62 bits per heavy atom. The van der Waals surface area contributed by atoms with E-state index in [4.69, 9.17) is 16.0 Å². The zero-order chi connectivity index (χ0) is 14.7. The first-order chi connectivity index (χ1) is 10.2. The van der Waals surface area contributed by atoms with Crippen LogP contribution in [-0.4, -0.2) is 5.78 Å². The minimum Gasteiger partial charge on any atom is -0.451 e. The maximum absolute atomic E-state index is 12.2. The average Bonchev–Trinajstić information content (AvgIpc) is 2.94. The molecule has 0 saturated carbocycles. The molecule has 1 aromatic heterocycles. The van der Waals surface area contributed by atoms with Gasteiger partial charge in [0.25, 0.3) is 0 Å². The molecular weight excluding hydrogens is 284 g/mol. The van der Waals surface area contributed by atoms with Gasteiger partial charge in [-0.2, -0.15) is 0 Å². The molecule has 0 radical (unpaired) electrons. The highest BCUT2D eigenvalue weighted by atomic mass is 35.5. The Morgan fingerprint density at radius 1 is 1.05 bits per heavy atom. The second-order valence-corrected chi connectivity index (χ2v) is 5.44. The maximum Gasteiger partial charge on any atom is 0.198 e. The van der Waals surface area contributed by atoms with Crippen molar-refractivity contribution in [2.24, 2.45) is 0 Å². The molecule has 0 aliphatic heterocycles. The first-order valence-electron chi connectivity index (χ1n) is 6.99. The number of carbonyl (C=O) groups excluding carboxylic acids is 1. The van der Waals surface area contributed by atoms with E-state index >= 15 is 0 Å². The van der Waals surface area contributed by atoms with Gasteiger partial charge in [-0.3, -0.25) is 4.79 Å². The number of furan rings is 1. The number of rotatable bonds is 5. The number of benzene rings is 2. The third-order valence-corrected chi connectivity index (χ3v) is 3.78. The Bertz CT molecular complexity index is 759. The van der Waals surface area contributed by atoms with E-state index in [1.165, 1.54) is 5.56 Å². The number of hydrogen-bond acceptors (Lipinski definition) is 2. The van der Waals surface area contributed by atoms with Crippen molar-refractivity contribution in [3.05, 3.63) is 70.9 Å². The molecule has 3 aromatic rings. The topological polar surface area (TPSA) is 30.2 Å². The van der Waals surface area contributed by atoms with Gasteiger partial charge < -0.3 is 4.42 Å². The number of Topliss-reactive ketones (excluding diaryl/α,β-unsaturated/α-hetero) is 1. The molecule has 2 nitrogen and oxygen atoms in total. The lowest BCUT2D eigenvalue weighted by molar-refractivity contribution is 0.0955.